The zero-order valence-corrected chi connectivity index (χ0v) is 73.9. The molecule has 10 rings (SSSR count). The van der Waals surface area contributed by atoms with Gasteiger partial charge in [-0.1, -0.05) is 251 Å². The number of aryl methyl sites for hydroxylation is 12. The maximum Gasteiger partial charge on any atom is 3.00 e. The molecule has 0 amide bonds. The molecular formula is C69H126B2N18Si4Y2. The summed E-state index contributed by atoms with van der Waals surface area (Å²) in [6.07, 6.45) is 26.7. The Kier molecular flexibility index (Phi) is 34.7. The smallest absolute Gasteiger partial charge is 0.668 e. The van der Waals surface area contributed by atoms with Gasteiger partial charge >= 0.3 is 79.7 Å². The van der Waals surface area contributed by atoms with Crippen LogP contribution in [0.25, 0.3) is 19.9 Å². The van der Waals surface area contributed by atoms with Gasteiger partial charge in [-0.2, -0.15) is 0 Å². The van der Waals surface area contributed by atoms with Crippen molar-refractivity contribution in [2.45, 2.75) is 321 Å². The van der Waals surface area contributed by atoms with E-state index in [0.717, 1.165) is 80.2 Å². The third-order valence-corrected chi connectivity index (χ3v) is 29.5. The van der Waals surface area contributed by atoms with E-state index in [2.05, 4.69) is 184 Å². The van der Waals surface area contributed by atoms with Crippen LogP contribution >= 0.6 is 0 Å². The Labute approximate surface area is 631 Å². The summed E-state index contributed by atoms with van der Waals surface area (Å²) in [6, 6.07) is 15.9. The molecule has 6 aromatic heterocycles. The molecule has 6 aromatic rings. The topological polar surface area (TPSA) is 188 Å². The average Bonchev–Trinajstić information content (AvgIpc) is 1.64. The van der Waals surface area contributed by atoms with E-state index >= 15 is 0 Å². The van der Waals surface area contributed by atoms with Crippen LogP contribution in [0.1, 0.15) is 204 Å². The van der Waals surface area contributed by atoms with Crippen molar-refractivity contribution in [2.24, 2.45) is 9.98 Å². The van der Waals surface area contributed by atoms with Gasteiger partial charge in [0.2, 0.25) is 0 Å². The Morgan fingerprint density at radius 2 is 0.611 bits per heavy atom. The molecule has 26 heteroatoms. The maximum absolute atomic E-state index is 5.30. The molecule has 95 heavy (non-hydrogen) atoms. The molecule has 6 heterocycles. The van der Waals surface area contributed by atoms with E-state index in [1.165, 1.54) is 134 Å². The summed E-state index contributed by atoms with van der Waals surface area (Å²) >= 11 is 0. The van der Waals surface area contributed by atoms with Crippen LogP contribution in [-0.2, 0) is 65.4 Å². The van der Waals surface area contributed by atoms with Gasteiger partial charge in [0.15, 0.2) is 0 Å². The summed E-state index contributed by atoms with van der Waals surface area (Å²) in [5.41, 5.74) is 12.8. The molecule has 0 atom stereocenters. The van der Waals surface area contributed by atoms with Crippen molar-refractivity contribution in [1.82, 2.24) is 58.1 Å². The Morgan fingerprint density at radius 3 is 0.842 bits per heavy atom. The first-order valence-electron chi connectivity index (χ1n) is 36.0. The van der Waals surface area contributed by atoms with E-state index in [9.17, 15) is 0 Å². The van der Waals surface area contributed by atoms with Crippen LogP contribution in [0.5, 0.6) is 0 Å². The molecule has 0 aliphatic heterocycles. The van der Waals surface area contributed by atoms with Crippen LogP contribution in [0.15, 0.2) is 46.4 Å². The van der Waals surface area contributed by atoms with Crippen LogP contribution in [0.4, 0.5) is 0 Å². The molecule has 4 aliphatic rings. The monoisotopic (exact) mass is 1520 g/mol. The van der Waals surface area contributed by atoms with Gasteiger partial charge in [0, 0.05) is 0 Å². The quantitative estimate of drug-likeness (QED) is 0.0526. The summed E-state index contributed by atoms with van der Waals surface area (Å²) in [5.74, 6) is 2.26. The molecule has 0 N–H and O–H groups in total. The second-order valence-electron chi connectivity index (χ2n) is 31.8. The van der Waals surface area contributed by atoms with Crippen molar-refractivity contribution in [3.8, 4) is 0 Å². The van der Waals surface area contributed by atoms with Crippen molar-refractivity contribution < 1.29 is 65.4 Å². The summed E-state index contributed by atoms with van der Waals surface area (Å²) in [6.45, 7) is 52.4. The predicted molar refractivity (Wildman–Crippen MR) is 411 cm³/mol. The minimum atomic E-state index is -1.61. The number of hydrogen-bond donors (Lipinski definition) is 0. The van der Waals surface area contributed by atoms with E-state index in [4.69, 9.17) is 60.5 Å². The van der Waals surface area contributed by atoms with Crippen LogP contribution in [0.3, 0.4) is 0 Å². The second kappa shape index (κ2) is 38.9. The summed E-state index contributed by atoms with van der Waals surface area (Å²) in [5, 5.41) is 38.1. The van der Waals surface area contributed by atoms with Gasteiger partial charge in [-0.15, -0.1) is 0 Å². The first-order valence-corrected chi connectivity index (χ1v) is 49.5. The largest absolute Gasteiger partial charge is 3.00 e. The number of hydrogen-bond acceptors (Lipinski definition) is 8. The number of aliphatic imine (C=N–C) groups is 2. The van der Waals surface area contributed by atoms with Crippen LogP contribution < -0.4 is 0 Å². The second-order valence-corrected chi connectivity index (χ2v) is 50.6. The molecule has 0 saturated heterocycles. The summed E-state index contributed by atoms with van der Waals surface area (Å²) in [4.78, 5) is 9.97. The fourth-order valence-electron chi connectivity index (χ4n) is 14.8. The Hall–Kier alpha value is -2.67. The van der Waals surface area contributed by atoms with Gasteiger partial charge in [0.05, 0.1) is 34.2 Å². The van der Waals surface area contributed by atoms with E-state index in [0.29, 0.717) is 24.2 Å². The zero-order valence-electron chi connectivity index (χ0n) is 64.2. The number of amidine groups is 2. The molecule has 4 saturated carbocycles. The predicted octanol–water partition coefficient (Wildman–Crippen LogP) is 17.9. The molecule has 520 valence electrons. The maximum atomic E-state index is 5.30. The normalized spacial score (nSPS) is 16.7. The third-order valence-electron chi connectivity index (χ3n) is 17.8. The Morgan fingerprint density at radius 1 is 0.368 bits per heavy atom. The van der Waals surface area contributed by atoms with Crippen molar-refractivity contribution in [1.29, 1.82) is 0 Å². The van der Waals surface area contributed by atoms with Crippen LogP contribution in [-0.4, -0.2) is 141 Å². The SMILES string of the molecule is CC(=NC1CCCCC1)[N-]C1CCCCC1.C[Si](C)(C)[N-][Si](C)(C)C.C[Si](C)(C)[N-][Si](C)(C)CC(=NC1CCCCC1)[N-]C1CCCCC1.Cc1cc(C)n([BH-](n2nc(C)cc2C)n2nc(C)cc2C)n1.Cc1cc(C)n([BH-](n2nc(C)cc2C)n2nc(C)cc2C)n1.[Y+3].[Y+3]. The number of rotatable bonds is 16. The molecule has 0 radical (unpaired) electrons. The minimum Gasteiger partial charge on any atom is -0.668 e. The van der Waals surface area contributed by atoms with Crippen molar-refractivity contribution in [2.75, 3.05) is 0 Å². The van der Waals surface area contributed by atoms with E-state index in [1.807, 2.05) is 41.5 Å². The third kappa shape index (κ3) is 29.1. The molecule has 0 aromatic carbocycles. The summed E-state index contributed by atoms with van der Waals surface area (Å²) in [7, 11) is -7.71. The van der Waals surface area contributed by atoms with Crippen LogP contribution in [0.2, 0.25) is 78.1 Å². The van der Waals surface area contributed by atoms with Gasteiger partial charge in [0.25, 0.3) is 0 Å². The fourth-order valence-corrected chi connectivity index (χ4v) is 31.4. The van der Waals surface area contributed by atoms with Gasteiger partial charge in [-0.05, 0) is 185 Å². The van der Waals surface area contributed by atoms with Crippen molar-refractivity contribution in [3.05, 3.63) is 125 Å². The molecule has 18 nitrogen and oxygen atoms in total. The van der Waals surface area contributed by atoms with E-state index in [-0.39, 0.29) is 65.4 Å². The molecule has 0 bridgehead atoms. The van der Waals surface area contributed by atoms with E-state index in [1.54, 1.807) is 0 Å². The average molecular weight is 1520 g/mol. The fraction of sp³-hybridized carbons (Fsp3) is 0.710. The van der Waals surface area contributed by atoms with Gasteiger partial charge < -0.3 is 57.5 Å². The molecule has 4 aliphatic carbocycles. The Balaban J connectivity index is 0.000000258. The van der Waals surface area contributed by atoms with Gasteiger partial charge in [-0.3, -0.25) is 0 Å². The molecule has 4 fully saturated rings. The summed E-state index contributed by atoms with van der Waals surface area (Å²) < 4.78 is 22.5. The van der Waals surface area contributed by atoms with E-state index < -0.39 is 47.2 Å². The first-order chi connectivity index (χ1) is 43.5. The number of aromatic nitrogens is 12. The zero-order chi connectivity index (χ0) is 68.6. The Bertz CT molecular complexity index is 2930. The molecular weight excluding hydrogens is 1390 g/mol. The standard InChI is InChI=1S/C19H39N3Si2.2C15H22BN6.C14H25N2.C6H18NSi2.2Y/c1-23(2,3)22-24(4,5)16-19(20-17-12-8-6-9-13-17)21-18-14-10-7-11-15-18;2*1-10-7-13(4)20(17-10)16(21-14(5)8-11(2)18-21)22-15(6)9-12(3)19-22;1-12(15-13-8-4-2-5-9-13)16-14-10-6-3-7-11-14;1-8(2,3)7-9(4,5)6;;/h17-18H,6-16H2,1-5H3;2*7-9,16H,1-6H3;13-14H,2-11H2,1H3;1-6H3;;/q-2;4*-1;2*+3. The number of nitrogens with zero attached hydrogens (tertiary/aromatic N) is 18. The molecule has 0 unspecified atom stereocenters. The van der Waals surface area contributed by atoms with Gasteiger partial charge in [0.1, 0.15) is 0 Å². The molecule has 0 spiro atoms. The van der Waals surface area contributed by atoms with Crippen LogP contribution in [0, 0.1) is 83.1 Å². The minimum absolute atomic E-state index is 0. The van der Waals surface area contributed by atoms with Gasteiger partial charge in [-0.25, -0.2) is 30.6 Å². The first kappa shape index (κ1) is 84.7. The van der Waals surface area contributed by atoms with Crippen molar-refractivity contribution >= 4 is 58.8 Å². The van der Waals surface area contributed by atoms with Crippen molar-refractivity contribution in [3.63, 3.8) is 0 Å².